The smallest absolute Gasteiger partial charge is 0.254 e. The molecule has 0 saturated carbocycles. The van der Waals surface area contributed by atoms with Crippen LogP contribution in [0.25, 0.3) is 11.3 Å². The fourth-order valence-corrected chi connectivity index (χ4v) is 3.85. The molecule has 33 heavy (non-hydrogen) atoms. The predicted molar refractivity (Wildman–Crippen MR) is 117 cm³/mol. The van der Waals surface area contributed by atoms with Crippen LogP contribution >= 0.6 is 0 Å². The Morgan fingerprint density at radius 1 is 1.12 bits per heavy atom. The van der Waals surface area contributed by atoms with Crippen LogP contribution in [0.4, 0.5) is 14.6 Å². The Hall–Kier alpha value is -4.21. The number of rotatable bonds is 6. The zero-order valence-electron chi connectivity index (χ0n) is 17.5. The Morgan fingerprint density at radius 2 is 1.79 bits per heavy atom. The first-order chi connectivity index (χ1) is 15.8. The largest absolute Gasteiger partial charge is 0.457 e. The first kappa shape index (κ1) is 22.0. The average molecular weight is 453 g/mol. The van der Waals surface area contributed by atoms with E-state index in [0.29, 0.717) is 30.8 Å². The zero-order valence-corrected chi connectivity index (χ0v) is 17.5. The number of aromatic nitrogens is 2. The van der Waals surface area contributed by atoms with Crippen molar-refractivity contribution in [1.29, 1.82) is 0 Å². The monoisotopic (exact) mass is 453 g/mol. The maximum Gasteiger partial charge on any atom is 0.254 e. The molecular weight excluding hydrogens is 432 g/mol. The summed E-state index contributed by atoms with van der Waals surface area (Å²) in [5, 5.41) is 4.53. The number of carbonyl (C=O) groups is 2. The number of hydrogen-bond acceptors (Lipinski definition) is 5. The van der Waals surface area contributed by atoms with Gasteiger partial charge in [-0.15, -0.1) is 0 Å². The quantitative estimate of drug-likeness (QED) is 0.556. The Kier molecular flexibility index (Phi) is 5.82. The number of benzene rings is 2. The fraction of sp³-hybridized carbons (Fsp3) is 0.174. The van der Waals surface area contributed by atoms with Gasteiger partial charge < -0.3 is 21.1 Å². The molecule has 0 spiro atoms. The Bertz CT molecular complexity index is 1220. The molecule has 3 aromatic rings. The number of amides is 2. The third-order valence-corrected chi connectivity index (χ3v) is 5.39. The zero-order chi connectivity index (χ0) is 23.7. The van der Waals surface area contributed by atoms with Crippen molar-refractivity contribution in [3.63, 3.8) is 0 Å². The normalized spacial score (nSPS) is 15.5. The Balaban J connectivity index is 1.62. The van der Waals surface area contributed by atoms with Gasteiger partial charge in [-0.25, -0.2) is 13.5 Å². The molecule has 1 saturated heterocycles. The molecule has 8 nitrogen and oxygen atoms in total. The van der Waals surface area contributed by atoms with E-state index in [0.717, 1.165) is 18.2 Å². The highest BCUT2D eigenvalue weighted by Gasteiger charge is 2.31. The number of likely N-dealkylation sites (tertiary alicyclic amines) is 1. The summed E-state index contributed by atoms with van der Waals surface area (Å²) in [6, 6.07) is 9.05. The summed E-state index contributed by atoms with van der Waals surface area (Å²) in [5.74, 6) is -1.99. The summed E-state index contributed by atoms with van der Waals surface area (Å²) in [5.41, 5.74) is 12.7. The van der Waals surface area contributed by atoms with Gasteiger partial charge in [-0.2, -0.15) is 5.10 Å². The third kappa shape index (κ3) is 4.40. The lowest BCUT2D eigenvalue weighted by atomic mass is 10.1. The van der Waals surface area contributed by atoms with Crippen molar-refractivity contribution in [2.75, 3.05) is 18.8 Å². The van der Waals surface area contributed by atoms with E-state index in [-0.39, 0.29) is 34.8 Å². The van der Waals surface area contributed by atoms with Crippen molar-refractivity contribution in [2.45, 2.75) is 12.5 Å². The molecule has 10 heteroatoms. The minimum atomic E-state index is -0.756. The highest BCUT2D eigenvalue weighted by atomic mass is 19.1. The molecule has 1 aliphatic rings. The maximum absolute atomic E-state index is 13.4. The van der Waals surface area contributed by atoms with Crippen molar-refractivity contribution in [2.24, 2.45) is 5.73 Å². The van der Waals surface area contributed by atoms with Gasteiger partial charge in [-0.05, 0) is 36.8 Å². The van der Waals surface area contributed by atoms with Gasteiger partial charge in [0.05, 0.1) is 6.04 Å². The minimum Gasteiger partial charge on any atom is -0.457 e. The molecule has 2 amide bonds. The van der Waals surface area contributed by atoms with E-state index in [1.165, 1.54) is 10.8 Å². The molecule has 1 unspecified atom stereocenters. The van der Waals surface area contributed by atoms with Crippen molar-refractivity contribution in [3.05, 3.63) is 72.3 Å². The molecule has 4 rings (SSSR count). The van der Waals surface area contributed by atoms with Gasteiger partial charge in [0, 0.05) is 36.9 Å². The molecule has 2 aromatic carbocycles. The van der Waals surface area contributed by atoms with Crippen LogP contribution in [0.5, 0.6) is 11.5 Å². The summed E-state index contributed by atoms with van der Waals surface area (Å²) < 4.78 is 33.8. The van der Waals surface area contributed by atoms with E-state index in [1.54, 1.807) is 29.2 Å². The first-order valence-electron chi connectivity index (χ1n) is 10.1. The highest BCUT2D eigenvalue weighted by molar-refractivity contribution is 6.03. The van der Waals surface area contributed by atoms with Crippen LogP contribution in [0.3, 0.4) is 0 Å². The van der Waals surface area contributed by atoms with Crippen LogP contribution in [-0.2, 0) is 4.79 Å². The van der Waals surface area contributed by atoms with Crippen molar-refractivity contribution in [3.8, 4) is 22.8 Å². The Morgan fingerprint density at radius 3 is 2.39 bits per heavy atom. The lowest BCUT2D eigenvalue weighted by Crippen LogP contribution is -2.27. The number of halogens is 2. The van der Waals surface area contributed by atoms with Gasteiger partial charge in [0.1, 0.15) is 40.2 Å². The topological polar surface area (TPSA) is 116 Å². The summed E-state index contributed by atoms with van der Waals surface area (Å²) in [6.07, 6.45) is 1.86. The van der Waals surface area contributed by atoms with Crippen molar-refractivity contribution >= 4 is 17.6 Å². The molecule has 0 radical (unpaired) electrons. The number of ether oxygens (including phenoxy) is 1. The van der Waals surface area contributed by atoms with E-state index in [9.17, 15) is 18.4 Å². The third-order valence-electron chi connectivity index (χ3n) is 5.39. The minimum absolute atomic E-state index is 0.00598. The number of nitrogens with two attached hydrogens (primary N) is 2. The first-order valence-corrected chi connectivity index (χ1v) is 10.1. The van der Waals surface area contributed by atoms with Crippen LogP contribution in [0.15, 0.2) is 55.1 Å². The van der Waals surface area contributed by atoms with Crippen LogP contribution in [-0.4, -0.2) is 39.6 Å². The molecule has 1 aliphatic heterocycles. The van der Waals surface area contributed by atoms with E-state index in [2.05, 4.69) is 11.7 Å². The second kappa shape index (κ2) is 8.73. The maximum atomic E-state index is 13.4. The predicted octanol–water partition coefficient (Wildman–Crippen LogP) is 3.26. The summed E-state index contributed by atoms with van der Waals surface area (Å²) in [7, 11) is 0. The molecule has 2 heterocycles. The molecule has 1 fully saturated rings. The average Bonchev–Trinajstić information content (AvgIpc) is 3.37. The number of carbonyl (C=O) groups excluding carboxylic acids is 2. The molecule has 0 bridgehead atoms. The SMILES string of the molecule is C=CC(=O)N1CCC(n2nc(-c3ccc(Oc4cc(F)cc(F)c4)cc3)c(C(N)=O)c2N)C1. The van der Waals surface area contributed by atoms with Crippen LogP contribution < -0.4 is 16.2 Å². The molecule has 1 aromatic heterocycles. The van der Waals surface area contributed by atoms with Gasteiger partial charge in [-0.3, -0.25) is 9.59 Å². The van der Waals surface area contributed by atoms with Gasteiger partial charge in [0.25, 0.3) is 5.91 Å². The molecule has 4 N–H and O–H groups in total. The summed E-state index contributed by atoms with van der Waals surface area (Å²) in [6.45, 7) is 4.39. The van der Waals surface area contributed by atoms with E-state index >= 15 is 0 Å². The number of nitrogens with zero attached hydrogens (tertiary/aromatic N) is 3. The fourth-order valence-electron chi connectivity index (χ4n) is 3.85. The molecular formula is C23H21F2N5O3. The van der Waals surface area contributed by atoms with Crippen LogP contribution in [0, 0.1) is 11.6 Å². The lowest BCUT2D eigenvalue weighted by Gasteiger charge is -2.15. The second-order valence-electron chi connectivity index (χ2n) is 7.58. The second-order valence-corrected chi connectivity index (χ2v) is 7.58. The number of hydrogen-bond donors (Lipinski definition) is 2. The highest BCUT2D eigenvalue weighted by Crippen LogP contribution is 2.33. The van der Waals surface area contributed by atoms with Gasteiger partial charge >= 0.3 is 0 Å². The van der Waals surface area contributed by atoms with Crippen LogP contribution in [0.1, 0.15) is 22.8 Å². The lowest BCUT2D eigenvalue weighted by molar-refractivity contribution is -0.125. The summed E-state index contributed by atoms with van der Waals surface area (Å²) >= 11 is 0. The molecule has 1 atom stereocenters. The van der Waals surface area contributed by atoms with Gasteiger partial charge in [0.2, 0.25) is 5.91 Å². The molecule has 170 valence electrons. The number of anilines is 1. The van der Waals surface area contributed by atoms with Crippen molar-refractivity contribution in [1.82, 2.24) is 14.7 Å². The van der Waals surface area contributed by atoms with E-state index in [4.69, 9.17) is 16.2 Å². The summed E-state index contributed by atoms with van der Waals surface area (Å²) in [4.78, 5) is 25.7. The standard InChI is InChI=1S/C23H21F2N5O3/c1-2-19(31)29-8-7-16(12-29)30-22(26)20(23(27)32)21(28-30)13-3-5-17(6-4-13)33-18-10-14(24)9-15(25)11-18/h2-6,9-11,16H,1,7-8,12,26H2,(H2,27,32). The van der Waals surface area contributed by atoms with Gasteiger partial charge in [-0.1, -0.05) is 6.58 Å². The van der Waals surface area contributed by atoms with Crippen LogP contribution in [0.2, 0.25) is 0 Å². The van der Waals surface area contributed by atoms with Crippen molar-refractivity contribution < 1.29 is 23.1 Å². The molecule has 0 aliphatic carbocycles. The number of nitrogen functional groups attached to an aromatic ring is 1. The number of primary amides is 1. The Labute approximate surface area is 188 Å². The van der Waals surface area contributed by atoms with E-state index < -0.39 is 17.5 Å². The van der Waals surface area contributed by atoms with E-state index in [1.807, 2.05) is 0 Å². The van der Waals surface area contributed by atoms with Gasteiger partial charge in [0.15, 0.2) is 0 Å².